The van der Waals surface area contributed by atoms with Gasteiger partial charge in [0.25, 0.3) is 0 Å². The van der Waals surface area contributed by atoms with Crippen LogP contribution in [0, 0.1) is 5.92 Å². The highest BCUT2D eigenvalue weighted by atomic mass is 32.1. The molecule has 2 aliphatic rings. The van der Waals surface area contributed by atoms with E-state index in [1.165, 1.54) is 0 Å². The van der Waals surface area contributed by atoms with Crippen molar-refractivity contribution < 1.29 is 23.3 Å². The molecule has 2 aromatic carbocycles. The number of likely N-dealkylation sites (tertiary alicyclic amines) is 1. The van der Waals surface area contributed by atoms with Crippen molar-refractivity contribution in [2.75, 3.05) is 39.5 Å². The molecule has 0 saturated carbocycles. The van der Waals surface area contributed by atoms with Crippen molar-refractivity contribution in [2.24, 2.45) is 5.92 Å². The van der Waals surface area contributed by atoms with E-state index in [0.29, 0.717) is 6.61 Å². The second kappa shape index (κ2) is 10.1. The van der Waals surface area contributed by atoms with Gasteiger partial charge >= 0.3 is 0 Å². The van der Waals surface area contributed by atoms with E-state index in [2.05, 4.69) is 11.0 Å². The van der Waals surface area contributed by atoms with Crippen molar-refractivity contribution in [3.8, 4) is 23.0 Å². The van der Waals surface area contributed by atoms with E-state index in [1.54, 1.807) is 11.3 Å². The van der Waals surface area contributed by atoms with E-state index in [0.717, 1.165) is 78.6 Å². The van der Waals surface area contributed by atoms with Crippen molar-refractivity contribution in [1.82, 2.24) is 4.90 Å². The summed E-state index contributed by atoms with van der Waals surface area (Å²) in [5.74, 6) is 3.45. The topological polar surface area (TPSA) is 40.2 Å². The van der Waals surface area contributed by atoms with Crippen LogP contribution in [-0.2, 0) is 4.74 Å². The van der Waals surface area contributed by atoms with E-state index in [-0.39, 0.29) is 18.9 Å². The molecule has 5 nitrogen and oxygen atoms in total. The lowest BCUT2D eigenvalue weighted by molar-refractivity contribution is -0.105. The number of halogens is 1. The fourth-order valence-corrected chi connectivity index (χ4v) is 4.96. The van der Waals surface area contributed by atoms with Crippen LogP contribution in [-0.4, -0.2) is 50.7 Å². The normalized spacial score (nSPS) is 19.6. The first-order valence-corrected chi connectivity index (χ1v) is 12.1. The molecule has 1 atom stereocenters. The minimum Gasteiger partial charge on any atom is -0.492 e. The Kier molecular flexibility index (Phi) is 6.76. The van der Waals surface area contributed by atoms with E-state index < -0.39 is 0 Å². The first-order chi connectivity index (χ1) is 15.8. The summed E-state index contributed by atoms with van der Waals surface area (Å²) in [5, 5.41) is 3.08. The Morgan fingerprint density at radius 1 is 1.03 bits per heavy atom. The van der Waals surface area contributed by atoms with E-state index in [1.807, 2.05) is 41.8 Å². The Morgan fingerprint density at radius 2 is 1.84 bits per heavy atom. The number of hydrogen-bond acceptors (Lipinski definition) is 6. The molecule has 1 unspecified atom stereocenters. The van der Waals surface area contributed by atoms with E-state index in [4.69, 9.17) is 18.9 Å². The predicted octanol–water partition coefficient (Wildman–Crippen LogP) is 5.88. The number of benzene rings is 2. The molecule has 0 amide bonds. The number of nitrogens with zero attached hydrogens (tertiary/aromatic N) is 1. The van der Waals surface area contributed by atoms with Crippen molar-refractivity contribution >= 4 is 21.4 Å². The smallest absolute Gasteiger partial charge is 0.199 e. The number of fused-ring (bicyclic) bond motifs is 1. The fraction of sp³-hybridized carbons (Fsp3) is 0.440. The van der Waals surface area contributed by atoms with Gasteiger partial charge in [0, 0.05) is 47.4 Å². The summed E-state index contributed by atoms with van der Waals surface area (Å²) in [4.78, 5) is 2.21. The third kappa shape index (κ3) is 5.17. The first-order valence-electron chi connectivity index (χ1n) is 11.3. The zero-order chi connectivity index (χ0) is 21.8. The summed E-state index contributed by atoms with van der Waals surface area (Å²) in [6.45, 7) is 3.65. The van der Waals surface area contributed by atoms with Crippen LogP contribution in [0.3, 0.4) is 0 Å². The number of alkyl halides is 1. The molecule has 0 spiro atoms. The third-order valence-corrected chi connectivity index (χ3v) is 6.82. The van der Waals surface area contributed by atoms with Crippen molar-refractivity contribution in [1.29, 1.82) is 0 Å². The molecule has 5 rings (SSSR count). The Hall–Kier alpha value is -2.35. The maximum atomic E-state index is 12.5. The van der Waals surface area contributed by atoms with Gasteiger partial charge in [0.05, 0.1) is 13.3 Å². The van der Waals surface area contributed by atoms with Gasteiger partial charge in [-0.25, -0.2) is 0 Å². The highest BCUT2D eigenvalue weighted by molar-refractivity contribution is 7.17. The third-order valence-electron chi connectivity index (χ3n) is 5.90. The lowest BCUT2D eigenvalue weighted by Crippen LogP contribution is -2.49. The average molecular weight is 458 g/mol. The van der Waals surface area contributed by atoms with Crippen LogP contribution >= 0.6 is 11.3 Å². The molecule has 7 heteroatoms. The van der Waals surface area contributed by atoms with Gasteiger partial charge in [0.1, 0.15) is 29.6 Å². The quantitative estimate of drug-likeness (QED) is 0.401. The summed E-state index contributed by atoms with van der Waals surface area (Å²) in [6, 6.07) is 13.7. The van der Waals surface area contributed by atoms with Crippen molar-refractivity contribution in [2.45, 2.75) is 25.6 Å². The van der Waals surface area contributed by atoms with Crippen LogP contribution in [0.25, 0.3) is 10.1 Å². The number of rotatable bonds is 9. The molecule has 32 heavy (non-hydrogen) atoms. The summed E-state index contributed by atoms with van der Waals surface area (Å²) >= 11 is 1.64. The van der Waals surface area contributed by atoms with Crippen LogP contribution in [0.1, 0.15) is 19.3 Å². The minimum absolute atomic E-state index is 0.143. The first kappa shape index (κ1) is 21.5. The predicted molar refractivity (Wildman–Crippen MR) is 124 cm³/mol. The number of hydrogen-bond donors (Lipinski definition) is 0. The molecule has 0 N–H and O–H groups in total. The van der Waals surface area contributed by atoms with Crippen LogP contribution in [0.2, 0.25) is 0 Å². The Balaban J connectivity index is 1.14. The second-order valence-electron chi connectivity index (χ2n) is 8.37. The molecule has 3 heterocycles. The standard InChI is InChI=1S/C25H28FNO4S/c26-14-18-15-27(16-18)10-12-28-19-4-6-20(7-5-19)30-23-17-32-24-13-21(8-9-22(23)24)31-25-3-1-2-11-29-25/h4-9,13,17-18,25H,1-3,10-12,14-16H2. The van der Waals surface area contributed by atoms with Crippen LogP contribution in [0.4, 0.5) is 4.39 Å². The summed E-state index contributed by atoms with van der Waals surface area (Å²) < 4.78 is 37.2. The van der Waals surface area contributed by atoms with Crippen molar-refractivity contribution in [3.05, 3.63) is 47.8 Å². The fourth-order valence-electron chi connectivity index (χ4n) is 4.07. The minimum atomic E-state index is -0.220. The zero-order valence-corrected chi connectivity index (χ0v) is 18.8. The van der Waals surface area contributed by atoms with E-state index in [9.17, 15) is 4.39 Å². The van der Waals surface area contributed by atoms with Gasteiger partial charge in [-0.3, -0.25) is 9.29 Å². The van der Waals surface area contributed by atoms with Crippen LogP contribution in [0.5, 0.6) is 23.0 Å². The summed E-state index contributed by atoms with van der Waals surface area (Å²) in [7, 11) is 0. The van der Waals surface area contributed by atoms with Crippen LogP contribution in [0.15, 0.2) is 47.8 Å². The highest BCUT2D eigenvalue weighted by Gasteiger charge is 2.25. The van der Waals surface area contributed by atoms with Gasteiger partial charge in [-0.1, -0.05) is 0 Å². The summed E-state index contributed by atoms with van der Waals surface area (Å²) in [5.41, 5.74) is 0. The lowest BCUT2D eigenvalue weighted by atomic mass is 10.0. The molecule has 0 radical (unpaired) electrons. The zero-order valence-electron chi connectivity index (χ0n) is 18.0. The SMILES string of the molecule is FCC1CN(CCOc2ccc(Oc3csc4cc(OC5CCCCO5)ccc34)cc2)C1. The molecule has 170 valence electrons. The molecular weight excluding hydrogens is 429 g/mol. The van der Waals surface area contributed by atoms with Gasteiger partial charge in [0.2, 0.25) is 0 Å². The second-order valence-corrected chi connectivity index (χ2v) is 9.28. The van der Waals surface area contributed by atoms with Gasteiger partial charge in [-0.2, -0.15) is 0 Å². The maximum Gasteiger partial charge on any atom is 0.199 e. The number of thiophene rings is 1. The van der Waals surface area contributed by atoms with Gasteiger partial charge in [0.15, 0.2) is 6.29 Å². The summed E-state index contributed by atoms with van der Waals surface area (Å²) in [6.07, 6.45) is 3.05. The Morgan fingerprint density at radius 3 is 2.62 bits per heavy atom. The molecule has 0 aliphatic carbocycles. The van der Waals surface area contributed by atoms with E-state index >= 15 is 0 Å². The van der Waals surface area contributed by atoms with Gasteiger partial charge < -0.3 is 18.9 Å². The Labute approximate surface area is 191 Å². The van der Waals surface area contributed by atoms with Crippen LogP contribution < -0.4 is 14.2 Å². The molecule has 2 saturated heterocycles. The number of ether oxygens (including phenoxy) is 4. The monoisotopic (exact) mass is 457 g/mol. The molecule has 3 aromatic rings. The molecule has 2 fully saturated rings. The molecule has 2 aliphatic heterocycles. The maximum absolute atomic E-state index is 12.5. The lowest BCUT2D eigenvalue weighted by Gasteiger charge is -2.37. The average Bonchev–Trinajstić information content (AvgIpc) is 3.19. The van der Waals surface area contributed by atoms with Crippen molar-refractivity contribution in [3.63, 3.8) is 0 Å². The van der Waals surface area contributed by atoms with Gasteiger partial charge in [-0.05, 0) is 55.3 Å². The van der Waals surface area contributed by atoms with Gasteiger partial charge in [-0.15, -0.1) is 11.3 Å². The molecule has 0 bridgehead atoms. The highest BCUT2D eigenvalue weighted by Crippen LogP contribution is 2.38. The molecule has 1 aromatic heterocycles. The largest absolute Gasteiger partial charge is 0.492 e. The molecular formula is C25H28FNO4S. The Bertz CT molecular complexity index is 1010.